The first-order valence-electron chi connectivity index (χ1n) is 3.43. The zero-order valence-corrected chi connectivity index (χ0v) is 8.44. The molecule has 0 aromatic rings. The van der Waals surface area contributed by atoms with Crippen LogP contribution in [0.15, 0.2) is 9.66 Å². The van der Waals surface area contributed by atoms with Gasteiger partial charge >= 0.3 is 0 Å². The van der Waals surface area contributed by atoms with Crippen LogP contribution in [0.5, 0.6) is 0 Å². The van der Waals surface area contributed by atoms with E-state index in [4.69, 9.17) is 0 Å². The molecule has 0 spiro atoms. The minimum absolute atomic E-state index is 0.241. The van der Waals surface area contributed by atoms with Gasteiger partial charge in [-0.2, -0.15) is 0 Å². The molecule has 56 valence electrons. The Balaban J connectivity index is 2.86. The van der Waals surface area contributed by atoms with Gasteiger partial charge in [-0.25, -0.2) is 0 Å². The van der Waals surface area contributed by atoms with Crippen LogP contribution in [0, 0.1) is 5.41 Å². The summed E-state index contributed by atoms with van der Waals surface area (Å²) < 4.78 is 0.911. The number of Topliss-reactive ketones (excluding diaryl/α,β-unsaturated/α-hetero) is 1. The molecule has 0 heterocycles. The van der Waals surface area contributed by atoms with Crippen LogP contribution in [-0.2, 0) is 4.79 Å². The molecule has 0 amide bonds. The molecule has 1 rings (SSSR count). The maximum absolute atomic E-state index is 11.0. The molecule has 0 radical (unpaired) electrons. The fraction of sp³-hybridized carbons (Fsp3) is 0.625. The smallest absolute Gasteiger partial charge is 0.168 e. The van der Waals surface area contributed by atoms with Crippen molar-refractivity contribution in [3.63, 3.8) is 0 Å². The molecule has 0 bridgehead atoms. The quantitative estimate of drug-likeness (QED) is 0.604. The van der Waals surface area contributed by atoms with E-state index in [9.17, 15) is 4.79 Å². The monoisotopic (exact) mass is 250 g/mol. The summed E-state index contributed by atoms with van der Waals surface area (Å²) >= 11 is 2.12. The van der Waals surface area contributed by atoms with Crippen molar-refractivity contribution < 1.29 is 4.79 Å². The summed E-state index contributed by atoms with van der Waals surface area (Å²) in [6.45, 7) is 4.33. The summed E-state index contributed by atoms with van der Waals surface area (Å²) in [5.41, 5.74) is 0.241. The van der Waals surface area contributed by atoms with Crippen LogP contribution in [0.4, 0.5) is 0 Å². The van der Waals surface area contributed by atoms with Gasteiger partial charge in [0.15, 0.2) is 5.78 Å². The van der Waals surface area contributed by atoms with E-state index in [2.05, 4.69) is 42.5 Å². The molecular weight excluding hydrogens is 239 g/mol. The van der Waals surface area contributed by atoms with Crippen LogP contribution in [-0.4, -0.2) is 5.78 Å². The third-order valence-corrected chi connectivity index (χ3v) is 2.69. The van der Waals surface area contributed by atoms with Crippen molar-refractivity contribution in [2.75, 3.05) is 0 Å². The van der Waals surface area contributed by atoms with E-state index in [0.29, 0.717) is 5.78 Å². The molecule has 0 aliphatic heterocycles. The first kappa shape index (κ1) is 8.24. The Morgan fingerprint density at radius 1 is 1.60 bits per heavy atom. The topological polar surface area (TPSA) is 17.1 Å². The fourth-order valence-corrected chi connectivity index (χ4v) is 2.16. The highest BCUT2D eigenvalue weighted by molar-refractivity contribution is 14.1. The van der Waals surface area contributed by atoms with Gasteiger partial charge in [-0.3, -0.25) is 4.79 Å². The lowest BCUT2D eigenvalue weighted by molar-refractivity contribution is -0.115. The molecule has 0 saturated carbocycles. The number of halogens is 1. The second-order valence-corrected chi connectivity index (χ2v) is 4.57. The van der Waals surface area contributed by atoms with Crippen molar-refractivity contribution in [2.24, 2.45) is 5.41 Å². The molecule has 0 aromatic carbocycles. The molecule has 0 N–H and O–H groups in total. The number of hydrogen-bond acceptors (Lipinski definition) is 1. The highest BCUT2D eigenvalue weighted by atomic mass is 127. The second kappa shape index (κ2) is 2.64. The fourth-order valence-electron chi connectivity index (χ4n) is 1.05. The van der Waals surface area contributed by atoms with Gasteiger partial charge in [-0.05, 0) is 34.4 Å². The van der Waals surface area contributed by atoms with E-state index in [1.54, 1.807) is 0 Å². The average Bonchev–Trinajstić information content (AvgIpc) is 1.79. The maximum Gasteiger partial charge on any atom is 0.168 e. The average molecular weight is 250 g/mol. The molecule has 1 nitrogen and oxygen atoms in total. The Hall–Kier alpha value is 0.140. The lowest BCUT2D eigenvalue weighted by Crippen LogP contribution is -2.17. The molecule has 0 unspecified atom stereocenters. The van der Waals surface area contributed by atoms with Crippen molar-refractivity contribution in [1.29, 1.82) is 0 Å². The summed E-state index contributed by atoms with van der Waals surface area (Å²) in [4.78, 5) is 11.0. The number of rotatable bonds is 0. The molecule has 0 saturated heterocycles. The molecule has 2 heteroatoms. The Bertz CT molecular complexity index is 191. The van der Waals surface area contributed by atoms with E-state index in [1.165, 1.54) is 0 Å². The molecule has 1 aliphatic rings. The van der Waals surface area contributed by atoms with Gasteiger partial charge in [0.1, 0.15) is 0 Å². The van der Waals surface area contributed by atoms with Crippen LogP contribution in [0.25, 0.3) is 0 Å². The first-order valence-corrected chi connectivity index (χ1v) is 4.51. The van der Waals surface area contributed by atoms with Gasteiger partial charge in [-0.15, -0.1) is 0 Å². The molecule has 10 heavy (non-hydrogen) atoms. The number of ketones is 1. The van der Waals surface area contributed by atoms with Crippen molar-refractivity contribution >= 4 is 28.4 Å². The van der Waals surface area contributed by atoms with Crippen LogP contribution in [0.1, 0.15) is 26.7 Å². The van der Waals surface area contributed by atoms with Gasteiger partial charge in [0.25, 0.3) is 0 Å². The summed E-state index contributed by atoms with van der Waals surface area (Å²) in [5.74, 6) is 0.305. The largest absolute Gasteiger partial charge is 0.294 e. The van der Waals surface area contributed by atoms with Gasteiger partial charge in [-0.1, -0.05) is 19.9 Å². The Morgan fingerprint density at radius 2 is 2.20 bits per heavy atom. The molecule has 0 fully saturated rings. The second-order valence-electron chi connectivity index (χ2n) is 3.40. The van der Waals surface area contributed by atoms with Crippen LogP contribution >= 0.6 is 22.6 Å². The zero-order chi connectivity index (χ0) is 7.78. The van der Waals surface area contributed by atoms with Crippen molar-refractivity contribution in [3.05, 3.63) is 9.66 Å². The molecular formula is C8H11IO. The molecule has 1 aliphatic carbocycles. The van der Waals surface area contributed by atoms with Gasteiger partial charge in [0.2, 0.25) is 0 Å². The molecule has 0 aromatic heterocycles. The standard InChI is InChI=1S/C8H11IO/c1-8(2)4-3-7(10)6(9)5-8/h5H,3-4H2,1-2H3. The van der Waals surface area contributed by atoms with Gasteiger partial charge in [0, 0.05) is 6.42 Å². The SMILES string of the molecule is CC1(C)C=C(I)C(=O)CC1. The predicted molar refractivity (Wildman–Crippen MR) is 50.1 cm³/mol. The number of allylic oxidation sites excluding steroid dienone is 2. The van der Waals surface area contributed by atoms with E-state index in [1.807, 2.05) is 0 Å². The summed E-state index contributed by atoms with van der Waals surface area (Å²) in [6, 6.07) is 0. The van der Waals surface area contributed by atoms with E-state index < -0.39 is 0 Å². The van der Waals surface area contributed by atoms with Gasteiger partial charge < -0.3 is 0 Å². The van der Waals surface area contributed by atoms with Crippen LogP contribution in [0.2, 0.25) is 0 Å². The van der Waals surface area contributed by atoms with Gasteiger partial charge in [0.05, 0.1) is 3.58 Å². The van der Waals surface area contributed by atoms with Crippen molar-refractivity contribution in [1.82, 2.24) is 0 Å². The maximum atomic E-state index is 11.0. The summed E-state index contributed by atoms with van der Waals surface area (Å²) in [6.07, 6.45) is 3.79. The van der Waals surface area contributed by atoms with E-state index in [-0.39, 0.29) is 5.41 Å². The predicted octanol–water partition coefficient (Wildman–Crippen LogP) is 2.69. The zero-order valence-electron chi connectivity index (χ0n) is 6.28. The first-order chi connectivity index (χ1) is 4.51. The third kappa shape index (κ3) is 1.81. The Kier molecular flexibility index (Phi) is 2.18. The van der Waals surface area contributed by atoms with Crippen molar-refractivity contribution in [2.45, 2.75) is 26.7 Å². The Labute approximate surface area is 75.0 Å². The minimum atomic E-state index is 0.241. The lowest BCUT2D eigenvalue weighted by Gasteiger charge is -2.24. The highest BCUT2D eigenvalue weighted by Crippen LogP contribution is 2.33. The van der Waals surface area contributed by atoms with E-state index in [0.717, 1.165) is 16.4 Å². The summed E-state index contributed by atoms with van der Waals surface area (Å²) in [5, 5.41) is 0. The third-order valence-electron chi connectivity index (χ3n) is 1.78. The van der Waals surface area contributed by atoms with Crippen LogP contribution in [0.3, 0.4) is 0 Å². The number of carbonyl (C=O) groups excluding carboxylic acids is 1. The Morgan fingerprint density at radius 3 is 2.60 bits per heavy atom. The highest BCUT2D eigenvalue weighted by Gasteiger charge is 2.23. The lowest BCUT2D eigenvalue weighted by atomic mass is 9.83. The minimum Gasteiger partial charge on any atom is -0.294 e. The van der Waals surface area contributed by atoms with E-state index >= 15 is 0 Å². The number of hydrogen-bond donors (Lipinski definition) is 0. The summed E-state index contributed by atoms with van der Waals surface area (Å²) in [7, 11) is 0. The normalized spacial score (nSPS) is 24.3. The molecule has 0 atom stereocenters. The van der Waals surface area contributed by atoms with Crippen LogP contribution < -0.4 is 0 Å². The van der Waals surface area contributed by atoms with Crippen molar-refractivity contribution in [3.8, 4) is 0 Å². The number of carbonyl (C=O) groups is 1.